The van der Waals surface area contributed by atoms with E-state index in [1.807, 2.05) is 12.4 Å². The molecule has 0 atom stereocenters. The van der Waals surface area contributed by atoms with Gasteiger partial charge in [0.15, 0.2) is 0 Å². The van der Waals surface area contributed by atoms with Crippen LogP contribution in [0.25, 0.3) is 0 Å². The van der Waals surface area contributed by atoms with Crippen LogP contribution in [0.2, 0.25) is 0 Å². The van der Waals surface area contributed by atoms with E-state index in [2.05, 4.69) is 36.3 Å². The van der Waals surface area contributed by atoms with Crippen LogP contribution in [0, 0.1) is 11.3 Å². The summed E-state index contributed by atoms with van der Waals surface area (Å²) >= 11 is 0. The molecule has 0 aliphatic heterocycles. The number of nitrogens with one attached hydrogen (secondary N) is 1. The zero-order valence-corrected chi connectivity index (χ0v) is 9.66. The van der Waals surface area contributed by atoms with Gasteiger partial charge in [-0.15, -0.1) is 0 Å². The molecule has 0 spiro atoms. The van der Waals surface area contributed by atoms with Crippen LogP contribution in [-0.4, -0.2) is 11.5 Å². The van der Waals surface area contributed by atoms with E-state index in [-0.39, 0.29) is 0 Å². The quantitative estimate of drug-likeness (QED) is 0.797. The summed E-state index contributed by atoms with van der Waals surface area (Å²) in [6, 6.07) is 4.14. The van der Waals surface area contributed by atoms with Crippen molar-refractivity contribution in [3.8, 4) is 0 Å². The van der Waals surface area contributed by atoms with Crippen LogP contribution in [0.3, 0.4) is 0 Å². The molecule has 1 aliphatic rings. The van der Waals surface area contributed by atoms with Gasteiger partial charge < -0.3 is 5.32 Å². The van der Waals surface area contributed by atoms with Crippen molar-refractivity contribution in [1.82, 2.24) is 10.3 Å². The number of aromatic nitrogens is 1. The highest BCUT2D eigenvalue weighted by atomic mass is 14.9. The molecular formula is C13H20N2. The molecule has 1 N–H and O–H groups in total. The summed E-state index contributed by atoms with van der Waals surface area (Å²) in [5.74, 6) is 0.808. The van der Waals surface area contributed by atoms with Crippen molar-refractivity contribution in [2.45, 2.75) is 33.2 Å². The highest BCUT2D eigenvalue weighted by molar-refractivity contribution is 5.09. The first-order valence-electron chi connectivity index (χ1n) is 5.83. The molecule has 1 saturated carbocycles. The van der Waals surface area contributed by atoms with Gasteiger partial charge in [0, 0.05) is 25.5 Å². The lowest BCUT2D eigenvalue weighted by Gasteiger charge is -2.20. The van der Waals surface area contributed by atoms with Crippen LogP contribution in [0.4, 0.5) is 0 Å². The molecular weight excluding hydrogens is 184 g/mol. The van der Waals surface area contributed by atoms with Gasteiger partial charge in [0.1, 0.15) is 0 Å². The fourth-order valence-corrected chi connectivity index (χ4v) is 2.08. The molecule has 0 amide bonds. The second-order valence-corrected chi connectivity index (χ2v) is 4.98. The molecule has 2 nitrogen and oxygen atoms in total. The van der Waals surface area contributed by atoms with Crippen LogP contribution in [0.5, 0.6) is 0 Å². The number of hydrogen-bond acceptors (Lipinski definition) is 2. The smallest absolute Gasteiger partial charge is 0.0271 e. The molecule has 0 radical (unpaired) electrons. The number of nitrogens with zero attached hydrogens (tertiary/aromatic N) is 1. The molecule has 1 heterocycles. The summed E-state index contributed by atoms with van der Waals surface area (Å²) in [6.45, 7) is 6.80. The summed E-state index contributed by atoms with van der Waals surface area (Å²) in [4.78, 5) is 4.02. The standard InChI is InChI=1S/C13H20N2/c1-11(2)13(5-6-13)10-15-9-12-3-7-14-8-4-12/h3-4,7-8,11,15H,5-6,9-10H2,1-2H3. The van der Waals surface area contributed by atoms with Gasteiger partial charge >= 0.3 is 0 Å². The Bertz CT molecular complexity index is 302. The Balaban J connectivity index is 1.76. The number of rotatable bonds is 5. The van der Waals surface area contributed by atoms with Gasteiger partial charge in [-0.2, -0.15) is 0 Å². The van der Waals surface area contributed by atoms with E-state index in [1.165, 1.54) is 18.4 Å². The van der Waals surface area contributed by atoms with Crippen molar-refractivity contribution in [3.05, 3.63) is 30.1 Å². The molecule has 0 unspecified atom stereocenters. The van der Waals surface area contributed by atoms with Gasteiger partial charge in [0.25, 0.3) is 0 Å². The lowest BCUT2D eigenvalue weighted by atomic mass is 9.92. The number of hydrogen-bond donors (Lipinski definition) is 1. The van der Waals surface area contributed by atoms with Gasteiger partial charge in [0.05, 0.1) is 0 Å². The first-order chi connectivity index (χ1) is 7.23. The molecule has 2 heteroatoms. The SMILES string of the molecule is CC(C)C1(CNCc2ccncc2)CC1. The predicted octanol–water partition coefficient (Wildman–Crippen LogP) is 2.61. The monoisotopic (exact) mass is 204 g/mol. The van der Waals surface area contributed by atoms with E-state index in [1.54, 1.807) is 0 Å². The summed E-state index contributed by atoms with van der Waals surface area (Å²) in [5.41, 5.74) is 1.93. The second kappa shape index (κ2) is 4.31. The Hall–Kier alpha value is -0.890. The molecule has 1 aromatic rings. The average Bonchev–Trinajstić information content (AvgIpc) is 3.01. The summed E-state index contributed by atoms with van der Waals surface area (Å²) in [7, 11) is 0. The topological polar surface area (TPSA) is 24.9 Å². The van der Waals surface area contributed by atoms with E-state index in [9.17, 15) is 0 Å². The van der Waals surface area contributed by atoms with E-state index in [0.29, 0.717) is 5.41 Å². The van der Waals surface area contributed by atoms with Crippen molar-refractivity contribution < 1.29 is 0 Å². The zero-order valence-electron chi connectivity index (χ0n) is 9.66. The highest BCUT2D eigenvalue weighted by Crippen LogP contribution is 2.51. The third kappa shape index (κ3) is 2.57. The minimum atomic E-state index is 0.604. The first kappa shape index (κ1) is 10.6. The average molecular weight is 204 g/mol. The van der Waals surface area contributed by atoms with Crippen LogP contribution in [0.1, 0.15) is 32.3 Å². The van der Waals surface area contributed by atoms with Gasteiger partial charge in [0.2, 0.25) is 0 Å². The van der Waals surface area contributed by atoms with Crippen molar-refractivity contribution in [2.75, 3.05) is 6.54 Å². The third-order valence-corrected chi connectivity index (χ3v) is 3.67. The molecule has 0 aromatic carbocycles. The van der Waals surface area contributed by atoms with Crippen LogP contribution < -0.4 is 5.32 Å². The van der Waals surface area contributed by atoms with Crippen molar-refractivity contribution >= 4 is 0 Å². The molecule has 1 aromatic heterocycles. The second-order valence-electron chi connectivity index (χ2n) is 4.98. The lowest BCUT2D eigenvalue weighted by molar-refractivity contribution is 0.338. The maximum absolute atomic E-state index is 4.02. The Labute approximate surface area is 92.1 Å². The Morgan fingerprint density at radius 2 is 2.00 bits per heavy atom. The van der Waals surface area contributed by atoms with Crippen molar-refractivity contribution in [3.63, 3.8) is 0 Å². The first-order valence-corrected chi connectivity index (χ1v) is 5.83. The largest absolute Gasteiger partial charge is 0.312 e. The van der Waals surface area contributed by atoms with Gasteiger partial charge in [-0.3, -0.25) is 4.98 Å². The summed E-state index contributed by atoms with van der Waals surface area (Å²) in [6.07, 6.45) is 6.50. The van der Waals surface area contributed by atoms with E-state index in [0.717, 1.165) is 19.0 Å². The van der Waals surface area contributed by atoms with E-state index < -0.39 is 0 Å². The van der Waals surface area contributed by atoms with Crippen LogP contribution >= 0.6 is 0 Å². The summed E-state index contributed by atoms with van der Waals surface area (Å²) in [5, 5.41) is 3.56. The van der Waals surface area contributed by atoms with Gasteiger partial charge in [-0.1, -0.05) is 13.8 Å². The van der Waals surface area contributed by atoms with Crippen molar-refractivity contribution in [1.29, 1.82) is 0 Å². The van der Waals surface area contributed by atoms with E-state index in [4.69, 9.17) is 0 Å². The Morgan fingerprint density at radius 3 is 2.53 bits per heavy atom. The maximum atomic E-state index is 4.02. The predicted molar refractivity (Wildman–Crippen MR) is 62.4 cm³/mol. The van der Waals surface area contributed by atoms with Crippen molar-refractivity contribution in [2.24, 2.45) is 11.3 Å². The van der Waals surface area contributed by atoms with Crippen LogP contribution in [0.15, 0.2) is 24.5 Å². The molecule has 82 valence electrons. The molecule has 15 heavy (non-hydrogen) atoms. The molecule has 1 fully saturated rings. The Morgan fingerprint density at radius 1 is 1.33 bits per heavy atom. The number of pyridine rings is 1. The van der Waals surface area contributed by atoms with E-state index >= 15 is 0 Å². The molecule has 1 aliphatic carbocycles. The van der Waals surface area contributed by atoms with Crippen LogP contribution in [-0.2, 0) is 6.54 Å². The molecule has 0 bridgehead atoms. The normalized spacial score (nSPS) is 18.1. The minimum absolute atomic E-state index is 0.604. The lowest BCUT2D eigenvalue weighted by Crippen LogP contribution is -2.27. The van der Waals surface area contributed by atoms with Gasteiger partial charge in [-0.05, 0) is 41.9 Å². The fourth-order valence-electron chi connectivity index (χ4n) is 2.08. The molecule has 2 rings (SSSR count). The zero-order chi connectivity index (χ0) is 10.7. The molecule has 0 saturated heterocycles. The fraction of sp³-hybridized carbons (Fsp3) is 0.615. The third-order valence-electron chi connectivity index (χ3n) is 3.67. The summed E-state index contributed by atoms with van der Waals surface area (Å²) < 4.78 is 0. The maximum Gasteiger partial charge on any atom is 0.0271 e. The minimum Gasteiger partial charge on any atom is -0.312 e. The van der Waals surface area contributed by atoms with Gasteiger partial charge in [-0.25, -0.2) is 0 Å². The Kier molecular flexibility index (Phi) is 3.06. The highest BCUT2D eigenvalue weighted by Gasteiger charge is 2.44.